The SMILES string of the molecule is CCC(CC(=O)NC1CCC(N)CC1)C(C)C.Cl. The lowest BCUT2D eigenvalue weighted by Crippen LogP contribution is -2.41. The van der Waals surface area contributed by atoms with Crippen molar-refractivity contribution in [1.29, 1.82) is 0 Å². The van der Waals surface area contributed by atoms with E-state index in [0.29, 0.717) is 30.3 Å². The molecule has 1 atom stereocenters. The van der Waals surface area contributed by atoms with Crippen LogP contribution in [0.2, 0.25) is 0 Å². The zero-order valence-corrected chi connectivity index (χ0v) is 12.8. The molecule has 0 aromatic rings. The van der Waals surface area contributed by atoms with Crippen LogP contribution in [0.4, 0.5) is 0 Å². The van der Waals surface area contributed by atoms with Crippen molar-refractivity contribution in [1.82, 2.24) is 5.32 Å². The standard InChI is InChI=1S/C14H28N2O.ClH/c1-4-11(10(2)3)9-14(17)16-13-7-5-12(15)6-8-13;/h10-13H,4-9,15H2,1-3H3,(H,16,17);1H. The van der Waals surface area contributed by atoms with E-state index in [2.05, 4.69) is 26.1 Å². The van der Waals surface area contributed by atoms with Crippen LogP contribution >= 0.6 is 12.4 Å². The molecule has 1 rings (SSSR count). The maximum absolute atomic E-state index is 11.9. The minimum Gasteiger partial charge on any atom is -0.353 e. The number of hydrogen-bond donors (Lipinski definition) is 2. The zero-order valence-electron chi connectivity index (χ0n) is 11.9. The molecule has 1 saturated carbocycles. The van der Waals surface area contributed by atoms with Crippen LogP contribution in [0.15, 0.2) is 0 Å². The predicted molar refractivity (Wildman–Crippen MR) is 78.9 cm³/mol. The van der Waals surface area contributed by atoms with Crippen molar-refractivity contribution >= 4 is 18.3 Å². The summed E-state index contributed by atoms with van der Waals surface area (Å²) in [6, 6.07) is 0.717. The van der Waals surface area contributed by atoms with Crippen molar-refractivity contribution in [2.24, 2.45) is 17.6 Å². The first-order chi connectivity index (χ1) is 8.02. The van der Waals surface area contributed by atoms with Crippen LogP contribution in [0.5, 0.6) is 0 Å². The van der Waals surface area contributed by atoms with E-state index in [0.717, 1.165) is 32.1 Å². The van der Waals surface area contributed by atoms with Gasteiger partial charge >= 0.3 is 0 Å². The minimum atomic E-state index is 0. The fraction of sp³-hybridized carbons (Fsp3) is 0.929. The third-order valence-corrected chi connectivity index (χ3v) is 4.05. The lowest BCUT2D eigenvalue weighted by atomic mass is 9.88. The summed E-state index contributed by atoms with van der Waals surface area (Å²) in [7, 11) is 0. The van der Waals surface area contributed by atoms with Crippen LogP contribution in [0, 0.1) is 11.8 Å². The molecule has 0 aromatic heterocycles. The van der Waals surface area contributed by atoms with E-state index >= 15 is 0 Å². The lowest BCUT2D eigenvalue weighted by Gasteiger charge is -2.28. The Morgan fingerprint density at radius 2 is 1.83 bits per heavy atom. The van der Waals surface area contributed by atoms with E-state index in [1.807, 2.05) is 0 Å². The van der Waals surface area contributed by atoms with Gasteiger partial charge in [0, 0.05) is 18.5 Å². The van der Waals surface area contributed by atoms with Gasteiger partial charge in [0.2, 0.25) is 5.91 Å². The van der Waals surface area contributed by atoms with Gasteiger partial charge in [0.05, 0.1) is 0 Å². The number of rotatable bonds is 5. The number of nitrogens with two attached hydrogens (primary N) is 1. The summed E-state index contributed by atoms with van der Waals surface area (Å²) in [4.78, 5) is 11.9. The highest BCUT2D eigenvalue weighted by molar-refractivity contribution is 5.85. The Bertz CT molecular complexity index is 238. The molecule has 1 fully saturated rings. The fourth-order valence-electron chi connectivity index (χ4n) is 2.64. The Hall–Kier alpha value is -0.280. The number of halogens is 1. The van der Waals surface area contributed by atoms with Gasteiger partial charge in [0.1, 0.15) is 0 Å². The van der Waals surface area contributed by atoms with Crippen molar-refractivity contribution in [3.05, 3.63) is 0 Å². The van der Waals surface area contributed by atoms with Gasteiger partial charge < -0.3 is 11.1 Å². The monoisotopic (exact) mass is 276 g/mol. The van der Waals surface area contributed by atoms with E-state index < -0.39 is 0 Å². The lowest BCUT2D eigenvalue weighted by molar-refractivity contribution is -0.123. The van der Waals surface area contributed by atoms with Gasteiger partial charge in [-0.05, 0) is 37.5 Å². The second-order valence-corrected chi connectivity index (χ2v) is 5.80. The quantitative estimate of drug-likeness (QED) is 0.811. The van der Waals surface area contributed by atoms with Crippen LogP contribution in [0.1, 0.15) is 59.3 Å². The molecular formula is C14H29ClN2O. The Kier molecular flexibility index (Phi) is 8.62. The highest BCUT2D eigenvalue weighted by atomic mass is 35.5. The summed E-state index contributed by atoms with van der Waals surface area (Å²) in [6.07, 6.45) is 5.95. The van der Waals surface area contributed by atoms with Crippen LogP contribution in [-0.4, -0.2) is 18.0 Å². The molecule has 108 valence electrons. The Labute approximate surface area is 118 Å². The summed E-state index contributed by atoms with van der Waals surface area (Å²) in [5.74, 6) is 1.33. The summed E-state index contributed by atoms with van der Waals surface area (Å²) in [5.41, 5.74) is 5.86. The van der Waals surface area contributed by atoms with E-state index in [9.17, 15) is 4.79 Å². The molecule has 3 N–H and O–H groups in total. The average Bonchev–Trinajstić information content (AvgIpc) is 2.28. The average molecular weight is 277 g/mol. The van der Waals surface area contributed by atoms with E-state index in [1.54, 1.807) is 0 Å². The van der Waals surface area contributed by atoms with Gasteiger partial charge in [0.15, 0.2) is 0 Å². The number of carbonyl (C=O) groups excluding carboxylic acids is 1. The molecule has 0 bridgehead atoms. The molecule has 0 radical (unpaired) electrons. The Morgan fingerprint density at radius 1 is 1.28 bits per heavy atom. The highest BCUT2D eigenvalue weighted by Gasteiger charge is 2.22. The number of carbonyl (C=O) groups is 1. The van der Waals surface area contributed by atoms with Gasteiger partial charge in [-0.1, -0.05) is 27.2 Å². The largest absolute Gasteiger partial charge is 0.353 e. The number of hydrogen-bond acceptors (Lipinski definition) is 2. The third-order valence-electron chi connectivity index (χ3n) is 4.05. The van der Waals surface area contributed by atoms with Crippen LogP contribution in [0.25, 0.3) is 0 Å². The van der Waals surface area contributed by atoms with Crippen molar-refractivity contribution in [2.45, 2.75) is 71.4 Å². The maximum Gasteiger partial charge on any atom is 0.220 e. The van der Waals surface area contributed by atoms with Crippen molar-refractivity contribution < 1.29 is 4.79 Å². The molecule has 0 aliphatic heterocycles. The van der Waals surface area contributed by atoms with Crippen molar-refractivity contribution in [3.8, 4) is 0 Å². The molecule has 1 amide bonds. The van der Waals surface area contributed by atoms with Gasteiger partial charge in [0.25, 0.3) is 0 Å². The number of amides is 1. The topological polar surface area (TPSA) is 55.1 Å². The first-order valence-corrected chi connectivity index (χ1v) is 7.07. The molecule has 1 unspecified atom stereocenters. The summed E-state index contributed by atoms with van der Waals surface area (Å²) >= 11 is 0. The molecule has 0 saturated heterocycles. The molecule has 4 heteroatoms. The van der Waals surface area contributed by atoms with Crippen LogP contribution in [-0.2, 0) is 4.79 Å². The Morgan fingerprint density at radius 3 is 2.28 bits per heavy atom. The molecule has 0 aromatic carbocycles. The van der Waals surface area contributed by atoms with Crippen LogP contribution in [0.3, 0.4) is 0 Å². The second kappa shape index (κ2) is 8.76. The van der Waals surface area contributed by atoms with Crippen molar-refractivity contribution in [3.63, 3.8) is 0 Å². The second-order valence-electron chi connectivity index (χ2n) is 5.80. The van der Waals surface area contributed by atoms with Gasteiger partial charge in [-0.2, -0.15) is 0 Å². The highest BCUT2D eigenvalue weighted by Crippen LogP contribution is 2.20. The molecule has 1 aliphatic carbocycles. The van der Waals surface area contributed by atoms with E-state index in [-0.39, 0.29) is 18.3 Å². The molecule has 0 heterocycles. The summed E-state index contributed by atoms with van der Waals surface area (Å²) < 4.78 is 0. The Balaban J connectivity index is 0.00000289. The van der Waals surface area contributed by atoms with Crippen LogP contribution < -0.4 is 11.1 Å². The summed E-state index contributed by atoms with van der Waals surface area (Å²) in [5, 5.41) is 3.16. The minimum absolute atomic E-state index is 0. The fourth-order valence-corrected chi connectivity index (χ4v) is 2.64. The van der Waals surface area contributed by atoms with E-state index in [4.69, 9.17) is 5.73 Å². The van der Waals surface area contributed by atoms with Gasteiger partial charge in [-0.25, -0.2) is 0 Å². The van der Waals surface area contributed by atoms with Crippen molar-refractivity contribution in [2.75, 3.05) is 0 Å². The molecule has 3 nitrogen and oxygen atoms in total. The molecule has 0 spiro atoms. The maximum atomic E-state index is 11.9. The zero-order chi connectivity index (χ0) is 12.8. The first-order valence-electron chi connectivity index (χ1n) is 7.07. The normalized spacial score (nSPS) is 25.4. The predicted octanol–water partition coefficient (Wildman–Crippen LogP) is 2.87. The van der Waals surface area contributed by atoms with Gasteiger partial charge in [-0.15, -0.1) is 12.4 Å². The third kappa shape index (κ3) is 6.05. The molecule has 1 aliphatic rings. The summed E-state index contributed by atoms with van der Waals surface area (Å²) in [6.45, 7) is 6.56. The number of nitrogens with one attached hydrogen (secondary N) is 1. The molecular weight excluding hydrogens is 248 g/mol. The van der Waals surface area contributed by atoms with E-state index in [1.165, 1.54) is 0 Å². The smallest absolute Gasteiger partial charge is 0.220 e. The molecule has 18 heavy (non-hydrogen) atoms. The first kappa shape index (κ1) is 17.7. The van der Waals surface area contributed by atoms with Gasteiger partial charge in [-0.3, -0.25) is 4.79 Å².